The average Bonchev–Trinajstić information content (AvgIpc) is 3.03. The van der Waals surface area contributed by atoms with Crippen molar-refractivity contribution in [3.63, 3.8) is 0 Å². The fraction of sp³-hybridized carbons (Fsp3) is 0.118. The van der Waals surface area contributed by atoms with Crippen LogP contribution in [0.25, 0.3) is 21.9 Å². The zero-order chi connectivity index (χ0) is 19.0. The molecule has 0 saturated heterocycles. The van der Waals surface area contributed by atoms with Gasteiger partial charge in [-0.25, -0.2) is 14.4 Å². The van der Waals surface area contributed by atoms with Gasteiger partial charge >= 0.3 is 0 Å². The smallest absolute Gasteiger partial charge is 0.293 e. The normalized spacial score (nSPS) is 11.1. The molecule has 0 aliphatic rings. The molecule has 2 heterocycles. The van der Waals surface area contributed by atoms with Crippen LogP contribution in [0.2, 0.25) is 0 Å². The molecule has 4 rings (SSSR count). The summed E-state index contributed by atoms with van der Waals surface area (Å²) in [4.78, 5) is 36.4. The molecule has 3 N–H and O–H groups in total. The maximum atomic E-state index is 13.2. The van der Waals surface area contributed by atoms with Gasteiger partial charge in [-0.1, -0.05) is 0 Å². The van der Waals surface area contributed by atoms with Crippen LogP contribution in [0.5, 0.6) is 0 Å². The molecule has 0 aliphatic heterocycles. The summed E-state index contributed by atoms with van der Waals surface area (Å²) in [7, 11) is 0. The first-order chi connectivity index (χ1) is 13.0. The first-order valence-corrected chi connectivity index (χ1v) is 8.05. The predicted octanol–water partition coefficient (Wildman–Crippen LogP) is 2.50. The second-order valence-corrected chi connectivity index (χ2v) is 5.90. The summed E-state index contributed by atoms with van der Waals surface area (Å²) in [5.74, 6) is 0.270. The van der Waals surface area contributed by atoms with Crippen LogP contribution < -0.4 is 10.9 Å². The van der Waals surface area contributed by atoms with Crippen molar-refractivity contribution in [3.05, 3.63) is 68.8 Å². The van der Waals surface area contributed by atoms with E-state index in [1.165, 1.54) is 30.6 Å². The first kappa shape index (κ1) is 16.6. The molecule has 9 nitrogen and oxygen atoms in total. The van der Waals surface area contributed by atoms with Crippen LogP contribution in [0.1, 0.15) is 5.82 Å². The summed E-state index contributed by atoms with van der Waals surface area (Å²) in [5.41, 5.74) is 1.19. The van der Waals surface area contributed by atoms with Crippen molar-refractivity contribution in [3.8, 4) is 0 Å². The maximum Gasteiger partial charge on any atom is 0.293 e. The highest BCUT2D eigenvalue weighted by molar-refractivity contribution is 5.86. The largest absolute Gasteiger partial charge is 0.379 e. The minimum atomic E-state index is -0.557. The van der Waals surface area contributed by atoms with Crippen LogP contribution in [0.4, 0.5) is 15.8 Å². The highest BCUT2D eigenvalue weighted by atomic mass is 19.1. The Bertz CT molecular complexity index is 1230. The van der Waals surface area contributed by atoms with E-state index in [-0.39, 0.29) is 22.6 Å². The Morgan fingerprint density at radius 3 is 2.89 bits per heavy atom. The minimum absolute atomic E-state index is 0.147. The fourth-order valence-electron chi connectivity index (χ4n) is 2.86. The van der Waals surface area contributed by atoms with Crippen molar-refractivity contribution in [1.29, 1.82) is 0 Å². The van der Waals surface area contributed by atoms with Gasteiger partial charge in [-0.05, 0) is 24.3 Å². The van der Waals surface area contributed by atoms with Crippen LogP contribution in [0, 0.1) is 15.9 Å². The molecule has 0 amide bonds. The number of benzene rings is 2. The van der Waals surface area contributed by atoms with Gasteiger partial charge in [0.2, 0.25) is 0 Å². The lowest BCUT2D eigenvalue weighted by Crippen LogP contribution is -2.10. The molecule has 10 heteroatoms. The van der Waals surface area contributed by atoms with Crippen molar-refractivity contribution < 1.29 is 9.31 Å². The summed E-state index contributed by atoms with van der Waals surface area (Å²) in [6, 6.07) is 6.94. The zero-order valence-corrected chi connectivity index (χ0v) is 13.8. The topological polar surface area (TPSA) is 130 Å². The Labute approximate surface area is 150 Å². The molecular formula is C17H13FN6O3. The van der Waals surface area contributed by atoms with Gasteiger partial charge in [0.1, 0.15) is 17.3 Å². The number of rotatable bonds is 5. The van der Waals surface area contributed by atoms with Crippen molar-refractivity contribution in [2.24, 2.45) is 0 Å². The van der Waals surface area contributed by atoms with E-state index in [1.807, 2.05) is 0 Å². The summed E-state index contributed by atoms with van der Waals surface area (Å²) >= 11 is 0. The Morgan fingerprint density at radius 1 is 1.22 bits per heavy atom. The highest BCUT2D eigenvalue weighted by Gasteiger charge is 2.17. The van der Waals surface area contributed by atoms with Crippen LogP contribution in [0.3, 0.4) is 0 Å². The standard InChI is InChI=1S/C17H13FN6O3/c18-9-1-2-11-13(5-9)23-16(22-11)3-4-19-14-7-12-10(6-15(14)24(26)27)17(25)21-8-20-12/h1-2,5-8,19H,3-4H2,(H,22,23)(H,20,21,25). The van der Waals surface area contributed by atoms with Gasteiger partial charge in [-0.2, -0.15) is 0 Å². The number of hydrogen-bond donors (Lipinski definition) is 3. The molecule has 0 bridgehead atoms. The predicted molar refractivity (Wildman–Crippen MR) is 97.3 cm³/mol. The van der Waals surface area contributed by atoms with Crippen LogP contribution in [0.15, 0.2) is 41.5 Å². The quantitative estimate of drug-likeness (QED) is 0.367. The average molecular weight is 368 g/mol. The summed E-state index contributed by atoms with van der Waals surface area (Å²) in [5, 5.41) is 14.5. The van der Waals surface area contributed by atoms with Gasteiger partial charge in [-0.15, -0.1) is 0 Å². The number of nitro groups is 1. The van der Waals surface area contributed by atoms with Crippen molar-refractivity contribution in [2.75, 3.05) is 11.9 Å². The Balaban J connectivity index is 1.58. The third kappa shape index (κ3) is 3.19. The third-order valence-corrected chi connectivity index (χ3v) is 4.12. The Kier molecular flexibility index (Phi) is 3.99. The monoisotopic (exact) mass is 368 g/mol. The van der Waals surface area contributed by atoms with Gasteiger partial charge in [0.05, 0.1) is 33.2 Å². The molecule has 2 aromatic carbocycles. The third-order valence-electron chi connectivity index (χ3n) is 4.12. The first-order valence-electron chi connectivity index (χ1n) is 8.05. The molecule has 0 saturated carbocycles. The molecule has 4 aromatic rings. The lowest BCUT2D eigenvalue weighted by molar-refractivity contribution is -0.383. The van der Waals surface area contributed by atoms with E-state index in [9.17, 15) is 19.3 Å². The molecule has 2 aromatic heterocycles. The number of aromatic nitrogens is 4. The number of fused-ring (bicyclic) bond motifs is 2. The molecule has 0 atom stereocenters. The molecular weight excluding hydrogens is 355 g/mol. The van der Waals surface area contributed by atoms with E-state index in [0.29, 0.717) is 35.3 Å². The van der Waals surface area contributed by atoms with E-state index in [0.717, 1.165) is 0 Å². The van der Waals surface area contributed by atoms with Gasteiger partial charge in [0.25, 0.3) is 11.2 Å². The molecule has 27 heavy (non-hydrogen) atoms. The van der Waals surface area contributed by atoms with E-state index in [4.69, 9.17) is 0 Å². The second kappa shape index (κ2) is 6.48. The molecule has 0 spiro atoms. The van der Waals surface area contributed by atoms with Crippen LogP contribution >= 0.6 is 0 Å². The number of nitrogens with zero attached hydrogens (tertiary/aromatic N) is 3. The van der Waals surface area contributed by atoms with E-state index < -0.39 is 10.5 Å². The number of nitro benzene ring substituents is 1. The lowest BCUT2D eigenvalue weighted by Gasteiger charge is -2.07. The molecule has 0 unspecified atom stereocenters. The van der Waals surface area contributed by atoms with Crippen molar-refractivity contribution in [2.45, 2.75) is 6.42 Å². The summed E-state index contributed by atoms with van der Waals surface area (Å²) in [6.07, 6.45) is 1.68. The minimum Gasteiger partial charge on any atom is -0.379 e. The highest BCUT2D eigenvalue weighted by Crippen LogP contribution is 2.27. The van der Waals surface area contributed by atoms with E-state index in [1.54, 1.807) is 6.07 Å². The number of imidazole rings is 1. The number of H-pyrrole nitrogens is 2. The number of aromatic amines is 2. The molecule has 0 radical (unpaired) electrons. The number of anilines is 1. The van der Waals surface area contributed by atoms with Gasteiger partial charge < -0.3 is 15.3 Å². The van der Waals surface area contributed by atoms with Gasteiger partial charge in [-0.3, -0.25) is 14.9 Å². The summed E-state index contributed by atoms with van der Waals surface area (Å²) in [6.45, 7) is 0.345. The molecule has 0 fully saturated rings. The molecule has 0 aliphatic carbocycles. The second-order valence-electron chi connectivity index (χ2n) is 5.90. The van der Waals surface area contributed by atoms with E-state index in [2.05, 4.69) is 25.3 Å². The summed E-state index contributed by atoms with van der Waals surface area (Å²) < 4.78 is 13.2. The fourth-order valence-corrected chi connectivity index (χ4v) is 2.86. The lowest BCUT2D eigenvalue weighted by atomic mass is 10.2. The van der Waals surface area contributed by atoms with E-state index >= 15 is 0 Å². The van der Waals surface area contributed by atoms with Crippen LogP contribution in [-0.2, 0) is 6.42 Å². The SMILES string of the molecule is O=c1[nH]cnc2cc(NCCc3nc4ccc(F)cc4[nH]3)c([N+](=O)[O-])cc12. The number of halogens is 1. The number of hydrogen-bond acceptors (Lipinski definition) is 6. The zero-order valence-electron chi connectivity index (χ0n) is 13.8. The van der Waals surface area contributed by atoms with Gasteiger partial charge in [0, 0.05) is 19.0 Å². The Morgan fingerprint density at radius 2 is 2.07 bits per heavy atom. The molecule has 136 valence electrons. The van der Waals surface area contributed by atoms with Crippen molar-refractivity contribution in [1.82, 2.24) is 19.9 Å². The van der Waals surface area contributed by atoms with Crippen LogP contribution in [-0.4, -0.2) is 31.4 Å². The van der Waals surface area contributed by atoms with Gasteiger partial charge in [0.15, 0.2) is 0 Å². The Hall–Kier alpha value is -3.82. The maximum absolute atomic E-state index is 13.2. The van der Waals surface area contributed by atoms with Crippen molar-refractivity contribution >= 4 is 33.3 Å². The number of nitrogens with one attached hydrogen (secondary N) is 3.